The molecule has 1 aromatic carbocycles. The van der Waals surface area contributed by atoms with Crippen LogP contribution in [0, 0.1) is 0 Å². The predicted molar refractivity (Wildman–Crippen MR) is 86.0 cm³/mol. The SMILES string of the molecule is Cn1nnnc1CCNC(=O)N1CCCC1c1ccccc1Cl. The van der Waals surface area contributed by atoms with Gasteiger partial charge in [0.2, 0.25) is 0 Å². The largest absolute Gasteiger partial charge is 0.338 e. The van der Waals surface area contributed by atoms with Crippen molar-refractivity contribution < 1.29 is 4.79 Å². The van der Waals surface area contributed by atoms with Crippen molar-refractivity contribution in [3.63, 3.8) is 0 Å². The van der Waals surface area contributed by atoms with E-state index in [0.717, 1.165) is 30.8 Å². The van der Waals surface area contributed by atoms with Gasteiger partial charge in [0.15, 0.2) is 5.82 Å². The molecule has 1 aliphatic rings. The molecule has 1 fully saturated rings. The van der Waals surface area contributed by atoms with E-state index >= 15 is 0 Å². The van der Waals surface area contributed by atoms with Crippen LogP contribution in [0.4, 0.5) is 4.79 Å². The van der Waals surface area contributed by atoms with Crippen LogP contribution >= 0.6 is 11.6 Å². The molecule has 2 heterocycles. The average Bonchev–Trinajstić information content (AvgIpc) is 3.17. The fourth-order valence-corrected chi connectivity index (χ4v) is 3.18. The Balaban J connectivity index is 1.60. The first-order chi connectivity index (χ1) is 11.2. The lowest BCUT2D eigenvalue weighted by molar-refractivity contribution is 0.193. The van der Waals surface area contributed by atoms with Gasteiger partial charge in [0.05, 0.1) is 6.04 Å². The van der Waals surface area contributed by atoms with Crippen molar-refractivity contribution in [3.8, 4) is 0 Å². The van der Waals surface area contributed by atoms with E-state index in [0.29, 0.717) is 18.0 Å². The summed E-state index contributed by atoms with van der Waals surface area (Å²) in [5.41, 5.74) is 1.01. The van der Waals surface area contributed by atoms with Crippen molar-refractivity contribution in [2.24, 2.45) is 7.05 Å². The Morgan fingerprint density at radius 3 is 3.00 bits per heavy atom. The lowest BCUT2D eigenvalue weighted by Gasteiger charge is -2.26. The fourth-order valence-electron chi connectivity index (χ4n) is 2.92. The molecule has 0 saturated carbocycles. The molecule has 1 saturated heterocycles. The molecular weight excluding hydrogens is 316 g/mol. The quantitative estimate of drug-likeness (QED) is 0.927. The summed E-state index contributed by atoms with van der Waals surface area (Å²) < 4.78 is 1.61. The molecule has 2 aromatic rings. The first-order valence-corrected chi connectivity index (χ1v) is 8.04. The summed E-state index contributed by atoms with van der Waals surface area (Å²) in [5, 5.41) is 14.9. The van der Waals surface area contributed by atoms with Crippen molar-refractivity contribution in [3.05, 3.63) is 40.7 Å². The molecule has 2 amide bonds. The number of hydrogen-bond donors (Lipinski definition) is 1. The zero-order chi connectivity index (χ0) is 16.2. The van der Waals surface area contributed by atoms with E-state index < -0.39 is 0 Å². The highest BCUT2D eigenvalue weighted by Gasteiger charge is 2.30. The van der Waals surface area contributed by atoms with E-state index in [1.165, 1.54) is 0 Å². The number of amides is 2. The highest BCUT2D eigenvalue weighted by atomic mass is 35.5. The molecule has 1 aliphatic heterocycles. The molecule has 3 rings (SSSR count). The van der Waals surface area contributed by atoms with Crippen LogP contribution in [0.3, 0.4) is 0 Å². The first-order valence-electron chi connectivity index (χ1n) is 7.67. The number of nitrogens with zero attached hydrogens (tertiary/aromatic N) is 5. The maximum atomic E-state index is 12.5. The molecular formula is C15H19ClN6O. The summed E-state index contributed by atoms with van der Waals surface area (Å²) in [5.74, 6) is 0.745. The van der Waals surface area contributed by atoms with Gasteiger partial charge >= 0.3 is 6.03 Å². The fraction of sp³-hybridized carbons (Fsp3) is 0.467. The van der Waals surface area contributed by atoms with Crippen LogP contribution in [0.15, 0.2) is 24.3 Å². The molecule has 0 spiro atoms. The Kier molecular flexibility index (Phi) is 4.76. The molecule has 1 N–H and O–H groups in total. The highest BCUT2D eigenvalue weighted by molar-refractivity contribution is 6.31. The van der Waals surface area contributed by atoms with E-state index in [2.05, 4.69) is 20.8 Å². The molecule has 122 valence electrons. The molecule has 1 aromatic heterocycles. The topological polar surface area (TPSA) is 75.9 Å². The van der Waals surface area contributed by atoms with Gasteiger partial charge in [0, 0.05) is 31.6 Å². The van der Waals surface area contributed by atoms with Crippen LogP contribution in [0.2, 0.25) is 5.02 Å². The molecule has 1 unspecified atom stereocenters. The van der Waals surface area contributed by atoms with Crippen LogP contribution in [0.1, 0.15) is 30.3 Å². The number of likely N-dealkylation sites (tertiary alicyclic amines) is 1. The highest BCUT2D eigenvalue weighted by Crippen LogP contribution is 2.35. The van der Waals surface area contributed by atoms with Gasteiger partial charge < -0.3 is 10.2 Å². The zero-order valence-electron chi connectivity index (χ0n) is 12.9. The zero-order valence-corrected chi connectivity index (χ0v) is 13.7. The van der Waals surface area contributed by atoms with Crippen LogP contribution in [-0.4, -0.2) is 44.2 Å². The van der Waals surface area contributed by atoms with Crippen LogP contribution in [-0.2, 0) is 13.5 Å². The molecule has 8 heteroatoms. The monoisotopic (exact) mass is 334 g/mol. The lowest BCUT2D eigenvalue weighted by Crippen LogP contribution is -2.40. The van der Waals surface area contributed by atoms with Gasteiger partial charge in [0.1, 0.15) is 0 Å². The van der Waals surface area contributed by atoms with Crippen LogP contribution in [0.25, 0.3) is 0 Å². The minimum atomic E-state index is -0.0671. The molecule has 23 heavy (non-hydrogen) atoms. The Morgan fingerprint density at radius 2 is 2.26 bits per heavy atom. The van der Waals surface area contributed by atoms with Crippen LogP contribution in [0.5, 0.6) is 0 Å². The van der Waals surface area contributed by atoms with Crippen molar-refractivity contribution in [1.82, 2.24) is 30.4 Å². The summed E-state index contributed by atoms with van der Waals surface area (Å²) in [7, 11) is 1.78. The van der Waals surface area contributed by atoms with Gasteiger partial charge in [-0.15, -0.1) is 5.10 Å². The Labute approximate surface area is 139 Å². The van der Waals surface area contributed by atoms with Crippen molar-refractivity contribution in [1.29, 1.82) is 0 Å². The van der Waals surface area contributed by atoms with Gasteiger partial charge in [-0.1, -0.05) is 29.8 Å². The Hall–Kier alpha value is -2.15. The van der Waals surface area contributed by atoms with Gasteiger partial charge in [0.25, 0.3) is 0 Å². The number of nitrogens with one attached hydrogen (secondary N) is 1. The second-order valence-electron chi connectivity index (χ2n) is 5.57. The molecule has 0 aliphatic carbocycles. The Morgan fingerprint density at radius 1 is 1.43 bits per heavy atom. The molecule has 0 bridgehead atoms. The number of hydrogen-bond acceptors (Lipinski definition) is 4. The molecule has 0 radical (unpaired) electrons. The van der Waals surface area contributed by atoms with Crippen LogP contribution < -0.4 is 5.32 Å². The van der Waals surface area contributed by atoms with E-state index in [1.54, 1.807) is 11.7 Å². The summed E-state index contributed by atoms with van der Waals surface area (Å²) in [6, 6.07) is 7.69. The first kappa shape index (κ1) is 15.7. The summed E-state index contributed by atoms with van der Waals surface area (Å²) in [6.45, 7) is 1.24. The maximum Gasteiger partial charge on any atom is 0.317 e. The van der Waals surface area contributed by atoms with E-state index in [4.69, 9.17) is 11.6 Å². The third-order valence-corrected chi connectivity index (χ3v) is 4.45. The average molecular weight is 335 g/mol. The molecule has 7 nitrogen and oxygen atoms in total. The number of aromatic nitrogens is 4. The van der Waals surface area contributed by atoms with Gasteiger partial charge in [-0.05, 0) is 34.9 Å². The minimum absolute atomic E-state index is 0.0418. The molecule has 1 atom stereocenters. The van der Waals surface area contributed by atoms with Gasteiger partial charge in [-0.2, -0.15) is 0 Å². The smallest absolute Gasteiger partial charge is 0.317 e. The summed E-state index contributed by atoms with van der Waals surface area (Å²) >= 11 is 6.28. The third-order valence-electron chi connectivity index (χ3n) is 4.11. The predicted octanol–water partition coefficient (Wildman–Crippen LogP) is 1.95. The van der Waals surface area contributed by atoms with Crippen molar-refractivity contribution >= 4 is 17.6 Å². The van der Waals surface area contributed by atoms with Gasteiger partial charge in [-0.25, -0.2) is 9.48 Å². The van der Waals surface area contributed by atoms with Crippen molar-refractivity contribution in [2.45, 2.75) is 25.3 Å². The van der Waals surface area contributed by atoms with E-state index in [9.17, 15) is 4.79 Å². The maximum absolute atomic E-state index is 12.5. The number of aryl methyl sites for hydroxylation is 1. The van der Waals surface area contributed by atoms with Crippen molar-refractivity contribution in [2.75, 3.05) is 13.1 Å². The lowest BCUT2D eigenvalue weighted by atomic mass is 10.0. The minimum Gasteiger partial charge on any atom is -0.338 e. The van der Waals surface area contributed by atoms with Gasteiger partial charge in [-0.3, -0.25) is 0 Å². The number of carbonyl (C=O) groups is 1. The Bertz CT molecular complexity index is 688. The third kappa shape index (κ3) is 3.44. The summed E-state index contributed by atoms with van der Waals surface area (Å²) in [6.07, 6.45) is 2.51. The number of halogens is 1. The number of urea groups is 1. The second kappa shape index (κ2) is 6.95. The number of tetrazole rings is 1. The summed E-state index contributed by atoms with van der Waals surface area (Å²) in [4.78, 5) is 14.3. The number of rotatable bonds is 4. The second-order valence-corrected chi connectivity index (χ2v) is 5.98. The normalized spacial score (nSPS) is 17.5. The standard InChI is InChI=1S/C15H19ClN6O/c1-21-14(18-19-20-21)8-9-17-15(23)22-10-4-7-13(22)11-5-2-3-6-12(11)16/h2-3,5-6,13H,4,7-10H2,1H3,(H,17,23). The number of benzene rings is 1. The number of carbonyl (C=O) groups excluding carboxylic acids is 1. The van der Waals surface area contributed by atoms with E-state index in [-0.39, 0.29) is 12.1 Å². The van der Waals surface area contributed by atoms with E-state index in [1.807, 2.05) is 29.2 Å².